The lowest BCUT2D eigenvalue weighted by atomic mass is 9.80. The minimum absolute atomic E-state index is 0. The Balaban J connectivity index is 0. The summed E-state index contributed by atoms with van der Waals surface area (Å²) in [6.07, 6.45) is 7.81. The van der Waals surface area contributed by atoms with E-state index in [1.165, 1.54) is 6.07 Å². The molecular formula is C34H50FN5O2. The highest BCUT2D eigenvalue weighted by atomic mass is 19.1. The molecule has 1 unspecified atom stereocenters. The Labute approximate surface area is 253 Å². The maximum atomic E-state index is 14.4. The number of nitrogens with two attached hydrogens (primary N) is 1. The largest absolute Gasteiger partial charge is 0.400 e. The van der Waals surface area contributed by atoms with Gasteiger partial charge >= 0.3 is 0 Å². The van der Waals surface area contributed by atoms with Gasteiger partial charge in [0.05, 0.1) is 11.4 Å². The molecular weight excluding hydrogens is 529 g/mol. The fourth-order valence-electron chi connectivity index (χ4n) is 4.09. The van der Waals surface area contributed by atoms with Crippen LogP contribution in [0.3, 0.4) is 0 Å². The number of amides is 1. The molecule has 7 nitrogen and oxygen atoms in total. The minimum Gasteiger partial charge on any atom is -0.400 e. The van der Waals surface area contributed by atoms with E-state index in [9.17, 15) is 4.39 Å². The summed E-state index contributed by atoms with van der Waals surface area (Å²) in [6.45, 7) is 25.1. The summed E-state index contributed by atoms with van der Waals surface area (Å²) in [6, 6.07) is 5.15. The molecule has 1 atom stereocenters. The summed E-state index contributed by atoms with van der Waals surface area (Å²) < 4.78 is 14.4. The summed E-state index contributed by atoms with van der Waals surface area (Å²) in [5, 5.41) is 13.7. The van der Waals surface area contributed by atoms with E-state index in [2.05, 4.69) is 48.9 Å². The van der Waals surface area contributed by atoms with Crippen LogP contribution in [0.1, 0.15) is 60.1 Å². The Bertz CT molecular complexity index is 1300. The predicted molar refractivity (Wildman–Crippen MR) is 176 cm³/mol. The van der Waals surface area contributed by atoms with E-state index >= 15 is 0 Å². The Morgan fingerprint density at radius 2 is 1.83 bits per heavy atom. The lowest BCUT2D eigenvalue weighted by Crippen LogP contribution is -2.29. The highest BCUT2D eigenvalue weighted by Gasteiger charge is 2.26. The van der Waals surface area contributed by atoms with E-state index in [4.69, 9.17) is 21.3 Å². The minimum atomic E-state index is -0.229. The molecule has 0 spiro atoms. The molecule has 0 saturated carbocycles. The van der Waals surface area contributed by atoms with Crippen LogP contribution in [0.15, 0.2) is 94.2 Å². The van der Waals surface area contributed by atoms with Crippen molar-refractivity contribution in [2.24, 2.45) is 16.6 Å². The third-order valence-electron chi connectivity index (χ3n) is 6.40. The van der Waals surface area contributed by atoms with E-state index in [-0.39, 0.29) is 19.7 Å². The van der Waals surface area contributed by atoms with Crippen molar-refractivity contribution in [3.63, 3.8) is 0 Å². The summed E-state index contributed by atoms with van der Waals surface area (Å²) in [5.41, 5.74) is 13.0. The van der Waals surface area contributed by atoms with Crippen molar-refractivity contribution in [2.75, 3.05) is 14.2 Å². The Kier molecular flexibility index (Phi) is 18.6. The zero-order valence-electron chi connectivity index (χ0n) is 25.8. The molecule has 5 N–H and O–H groups in total. The standard InChI is InChI=1S/C29H33FN4.C2H6.CH3NO.CH4O.CH4/c1-10-18(4)29-33-26(14-27(17(2)3)34(29)9)22(8)31-15-23-11-12-25(30)24(13-23)16-32-28-20(6)19(5)21(28)7;1-2;2-1-3;1-2;/h1,11-14,20,31-32H,2,5,8,15-16H2,3-4,6-7,9H3;1-2H3;1H,(H2,2,3);2H,1H3;1H4/b29-18-;;;;. The predicted octanol–water partition coefficient (Wildman–Crippen LogP) is 6.08. The zero-order chi connectivity index (χ0) is 31.9. The van der Waals surface area contributed by atoms with Gasteiger partial charge in [-0.1, -0.05) is 59.9 Å². The number of hydrogen-bond acceptors (Lipinski definition) is 6. The number of primary amides is 1. The molecule has 0 bridgehead atoms. The summed E-state index contributed by atoms with van der Waals surface area (Å²) in [5.74, 6) is 3.42. The van der Waals surface area contributed by atoms with Crippen LogP contribution < -0.4 is 16.4 Å². The van der Waals surface area contributed by atoms with E-state index in [1.807, 2.05) is 58.7 Å². The molecule has 1 amide bonds. The molecule has 42 heavy (non-hydrogen) atoms. The average Bonchev–Trinajstić information content (AvgIpc) is 2.98. The van der Waals surface area contributed by atoms with Crippen LogP contribution in [0.5, 0.6) is 0 Å². The number of halogens is 1. The Morgan fingerprint density at radius 3 is 2.33 bits per heavy atom. The molecule has 2 aliphatic rings. The molecule has 0 fully saturated rings. The lowest BCUT2D eigenvalue weighted by molar-refractivity contribution is -0.106. The second-order valence-electron chi connectivity index (χ2n) is 8.99. The number of nitrogens with one attached hydrogen (secondary N) is 2. The molecule has 0 saturated heterocycles. The van der Waals surface area contributed by atoms with Crippen molar-refractivity contribution in [2.45, 2.75) is 62.1 Å². The first-order chi connectivity index (χ1) is 19.5. The molecule has 1 aromatic carbocycles. The molecule has 1 heterocycles. The number of allylic oxidation sites excluding steroid dienone is 5. The van der Waals surface area contributed by atoms with Gasteiger partial charge in [-0.25, -0.2) is 9.38 Å². The van der Waals surface area contributed by atoms with Gasteiger partial charge in [-0.3, -0.25) is 4.79 Å². The molecule has 3 rings (SSSR count). The van der Waals surface area contributed by atoms with Crippen molar-refractivity contribution < 1.29 is 14.3 Å². The van der Waals surface area contributed by atoms with Crippen LogP contribution in [-0.4, -0.2) is 36.3 Å². The van der Waals surface area contributed by atoms with E-state index in [1.54, 1.807) is 6.07 Å². The van der Waals surface area contributed by atoms with Gasteiger partial charge in [0, 0.05) is 55.7 Å². The number of rotatable bonds is 8. The number of benzene rings is 1. The van der Waals surface area contributed by atoms with Crippen molar-refractivity contribution in [3.05, 3.63) is 106 Å². The molecule has 1 aromatic rings. The SMILES string of the molecule is C.C#C/C(C)=C1/N=C(C(=C)NCc2ccc(F)c(CNC3=C(C)C(=C)C3C)c2)C=C(C(=C)C)N1C.CC.CO.NC=O. The number of aliphatic imine (C=N–C) groups is 1. The summed E-state index contributed by atoms with van der Waals surface area (Å²) in [7, 11) is 2.92. The lowest BCUT2D eigenvalue weighted by Gasteiger charge is -2.32. The summed E-state index contributed by atoms with van der Waals surface area (Å²) in [4.78, 5) is 15.2. The van der Waals surface area contributed by atoms with Gasteiger partial charge in [-0.15, -0.1) is 6.42 Å². The van der Waals surface area contributed by atoms with Gasteiger partial charge in [0.1, 0.15) is 11.6 Å². The smallest absolute Gasteiger partial charge is 0.204 e. The van der Waals surface area contributed by atoms with E-state index in [0.717, 1.165) is 46.4 Å². The number of hydrogen-bond donors (Lipinski definition) is 4. The fourth-order valence-corrected chi connectivity index (χ4v) is 4.09. The fraction of sp³-hybridized carbons (Fsp3) is 0.353. The summed E-state index contributed by atoms with van der Waals surface area (Å²) >= 11 is 0. The topological polar surface area (TPSA) is 103 Å². The van der Waals surface area contributed by atoms with Crippen LogP contribution in [0.25, 0.3) is 0 Å². The zero-order valence-corrected chi connectivity index (χ0v) is 25.8. The molecule has 230 valence electrons. The highest BCUT2D eigenvalue weighted by molar-refractivity contribution is 6.09. The van der Waals surface area contributed by atoms with Gasteiger partial charge in [-0.05, 0) is 61.3 Å². The average molecular weight is 580 g/mol. The third kappa shape index (κ3) is 10.2. The maximum Gasteiger partial charge on any atom is 0.204 e. The van der Waals surface area contributed by atoms with Crippen LogP contribution in [0, 0.1) is 24.1 Å². The number of nitrogens with zero attached hydrogens (tertiary/aromatic N) is 2. The number of likely N-dealkylation sites (N-methyl/N-ethyl adjacent to an activating group) is 1. The maximum absolute atomic E-state index is 14.4. The first kappa shape index (κ1) is 39.8. The number of aliphatic hydroxyl groups is 1. The Morgan fingerprint density at radius 1 is 1.26 bits per heavy atom. The quantitative estimate of drug-likeness (QED) is 0.221. The van der Waals surface area contributed by atoms with Gasteiger partial charge in [0.25, 0.3) is 0 Å². The van der Waals surface area contributed by atoms with Crippen LogP contribution in [0.4, 0.5) is 4.39 Å². The molecule has 1 aliphatic heterocycles. The van der Waals surface area contributed by atoms with Crippen molar-refractivity contribution in [1.29, 1.82) is 0 Å². The van der Waals surface area contributed by atoms with Crippen LogP contribution >= 0.6 is 0 Å². The molecule has 0 aromatic heterocycles. The van der Waals surface area contributed by atoms with Crippen LogP contribution in [0.2, 0.25) is 0 Å². The molecule has 8 heteroatoms. The number of carbonyl (C=O) groups is 1. The van der Waals surface area contributed by atoms with Gasteiger partial charge < -0.3 is 26.4 Å². The van der Waals surface area contributed by atoms with Gasteiger partial charge in [0.15, 0.2) is 0 Å². The molecule has 0 radical (unpaired) electrons. The number of terminal acetylenes is 1. The normalized spacial score (nSPS) is 16.0. The monoisotopic (exact) mass is 579 g/mol. The first-order valence-corrected chi connectivity index (χ1v) is 13.3. The second-order valence-corrected chi connectivity index (χ2v) is 8.99. The number of carbonyl (C=O) groups excluding carboxylic acids is 1. The van der Waals surface area contributed by atoms with Crippen molar-refractivity contribution in [1.82, 2.24) is 15.5 Å². The van der Waals surface area contributed by atoms with E-state index < -0.39 is 0 Å². The third-order valence-corrected chi connectivity index (χ3v) is 6.40. The highest BCUT2D eigenvalue weighted by Crippen LogP contribution is 2.36. The first-order valence-electron chi connectivity index (χ1n) is 13.3. The van der Waals surface area contributed by atoms with Crippen molar-refractivity contribution >= 4 is 12.1 Å². The molecule has 1 aliphatic carbocycles. The van der Waals surface area contributed by atoms with Gasteiger partial charge in [-0.2, -0.15) is 0 Å². The van der Waals surface area contributed by atoms with Crippen LogP contribution in [-0.2, 0) is 17.9 Å². The number of aliphatic hydroxyl groups excluding tert-OH is 1. The van der Waals surface area contributed by atoms with Crippen molar-refractivity contribution in [3.8, 4) is 12.3 Å². The Hall–Kier alpha value is -4.35. The second kappa shape index (κ2) is 19.7. The van der Waals surface area contributed by atoms with Gasteiger partial charge in [0.2, 0.25) is 6.41 Å². The van der Waals surface area contributed by atoms with E-state index in [0.29, 0.717) is 41.8 Å².